The smallest absolute Gasteiger partial charge is 0.306 e. The fourth-order valence-electron chi connectivity index (χ4n) is 2.98. The van der Waals surface area contributed by atoms with E-state index >= 15 is 0 Å². The molecule has 27 heavy (non-hydrogen) atoms. The molecule has 1 unspecified atom stereocenters. The minimum Gasteiger partial charge on any atom is -0.481 e. The molecule has 1 N–H and O–H groups in total. The van der Waals surface area contributed by atoms with Gasteiger partial charge in [-0.15, -0.1) is 11.8 Å². The van der Waals surface area contributed by atoms with Gasteiger partial charge in [-0.3, -0.25) is 14.4 Å². The zero-order chi connectivity index (χ0) is 20.0. The van der Waals surface area contributed by atoms with Crippen LogP contribution in [0.4, 0.5) is 0 Å². The van der Waals surface area contributed by atoms with E-state index in [0.717, 1.165) is 4.90 Å². The fourth-order valence-corrected chi connectivity index (χ4v) is 3.38. The third-order valence-corrected chi connectivity index (χ3v) is 5.41. The number of carboxylic acid groups (broad SMARTS) is 1. The summed E-state index contributed by atoms with van der Waals surface area (Å²) in [6.45, 7) is 2.43. The Morgan fingerprint density at radius 1 is 1.26 bits per heavy atom. The van der Waals surface area contributed by atoms with E-state index in [-0.39, 0.29) is 24.3 Å². The van der Waals surface area contributed by atoms with E-state index in [0.29, 0.717) is 31.7 Å². The molecule has 1 aromatic carbocycles. The number of piperidine rings is 1. The van der Waals surface area contributed by atoms with Crippen molar-refractivity contribution in [2.45, 2.75) is 30.8 Å². The number of carbonyl (C=O) groups is 3. The highest BCUT2D eigenvalue weighted by Gasteiger charge is 2.28. The van der Waals surface area contributed by atoms with Crippen LogP contribution in [-0.2, 0) is 14.4 Å². The molecule has 1 fully saturated rings. The van der Waals surface area contributed by atoms with Crippen LogP contribution in [0.1, 0.15) is 19.8 Å². The SMILES string of the molecule is CSc1ccc(OC(C)C(=O)N(C)CC(=O)N2CCC(C(=O)O)CC2)cc1. The Bertz CT molecular complexity index is 671. The second kappa shape index (κ2) is 9.64. The number of amides is 2. The number of aliphatic carboxylic acids is 1. The molecule has 2 amide bonds. The Kier molecular flexibility index (Phi) is 7.53. The molecule has 0 saturated carbocycles. The highest BCUT2D eigenvalue weighted by Crippen LogP contribution is 2.20. The number of nitrogens with zero attached hydrogens (tertiary/aromatic N) is 2. The molecule has 0 radical (unpaired) electrons. The maximum Gasteiger partial charge on any atom is 0.306 e. The Balaban J connectivity index is 1.83. The van der Waals surface area contributed by atoms with Crippen LogP contribution in [0.3, 0.4) is 0 Å². The van der Waals surface area contributed by atoms with Crippen LogP contribution < -0.4 is 4.74 Å². The van der Waals surface area contributed by atoms with Crippen LogP contribution in [0, 0.1) is 5.92 Å². The van der Waals surface area contributed by atoms with Gasteiger partial charge in [0.2, 0.25) is 5.91 Å². The Morgan fingerprint density at radius 2 is 1.85 bits per heavy atom. The molecule has 1 heterocycles. The van der Waals surface area contributed by atoms with Gasteiger partial charge < -0.3 is 19.6 Å². The van der Waals surface area contributed by atoms with Crippen molar-refractivity contribution in [3.05, 3.63) is 24.3 Å². The number of likely N-dealkylation sites (tertiary alicyclic amines) is 1. The van der Waals surface area contributed by atoms with Gasteiger partial charge in [-0.05, 0) is 50.3 Å². The number of rotatable bonds is 7. The largest absolute Gasteiger partial charge is 0.481 e. The number of hydrogen-bond acceptors (Lipinski definition) is 5. The summed E-state index contributed by atoms with van der Waals surface area (Å²) in [6.07, 6.45) is 2.17. The molecule has 148 valence electrons. The lowest BCUT2D eigenvalue weighted by atomic mass is 9.97. The number of ether oxygens (including phenoxy) is 1. The first-order valence-corrected chi connectivity index (χ1v) is 10.1. The summed E-state index contributed by atoms with van der Waals surface area (Å²) >= 11 is 1.62. The summed E-state index contributed by atoms with van der Waals surface area (Å²) < 4.78 is 5.67. The number of thioether (sulfide) groups is 1. The second-order valence-electron chi connectivity index (χ2n) is 6.62. The quantitative estimate of drug-likeness (QED) is 0.712. The van der Waals surface area contributed by atoms with Crippen molar-refractivity contribution < 1.29 is 24.2 Å². The lowest BCUT2D eigenvalue weighted by Gasteiger charge is -2.31. The summed E-state index contributed by atoms with van der Waals surface area (Å²) in [5.41, 5.74) is 0. The van der Waals surface area contributed by atoms with E-state index in [4.69, 9.17) is 9.84 Å². The summed E-state index contributed by atoms with van der Waals surface area (Å²) in [7, 11) is 1.57. The topological polar surface area (TPSA) is 87.2 Å². The molecule has 0 aromatic heterocycles. The van der Waals surface area contributed by atoms with Crippen molar-refractivity contribution in [2.24, 2.45) is 5.92 Å². The Labute approximate surface area is 163 Å². The molecule has 1 atom stereocenters. The van der Waals surface area contributed by atoms with Gasteiger partial charge in [0.15, 0.2) is 6.10 Å². The van der Waals surface area contributed by atoms with Gasteiger partial charge in [0.25, 0.3) is 5.91 Å². The van der Waals surface area contributed by atoms with Gasteiger partial charge in [0.1, 0.15) is 5.75 Å². The number of likely N-dealkylation sites (N-methyl/N-ethyl adjacent to an activating group) is 1. The van der Waals surface area contributed by atoms with Crippen molar-refractivity contribution in [1.82, 2.24) is 9.80 Å². The highest BCUT2D eigenvalue weighted by atomic mass is 32.2. The molecule has 2 rings (SSSR count). The molecule has 0 spiro atoms. The average Bonchev–Trinajstić information content (AvgIpc) is 2.67. The standard InChI is InChI=1S/C19H26N2O5S/c1-13(26-15-4-6-16(27-3)7-5-15)18(23)20(2)12-17(22)21-10-8-14(9-11-21)19(24)25/h4-7,13-14H,8-12H2,1-3H3,(H,24,25). The van der Waals surface area contributed by atoms with Gasteiger partial charge in [0.05, 0.1) is 12.5 Å². The first-order chi connectivity index (χ1) is 12.8. The van der Waals surface area contributed by atoms with Crippen molar-refractivity contribution in [2.75, 3.05) is 32.9 Å². The molecule has 7 nitrogen and oxygen atoms in total. The molecule has 0 aliphatic carbocycles. The van der Waals surface area contributed by atoms with Gasteiger partial charge in [-0.25, -0.2) is 0 Å². The van der Waals surface area contributed by atoms with Crippen LogP contribution in [-0.4, -0.2) is 71.7 Å². The van der Waals surface area contributed by atoms with Crippen LogP contribution in [0.2, 0.25) is 0 Å². The van der Waals surface area contributed by atoms with Crippen LogP contribution in [0.5, 0.6) is 5.75 Å². The third-order valence-electron chi connectivity index (χ3n) is 4.67. The summed E-state index contributed by atoms with van der Waals surface area (Å²) in [5, 5.41) is 9.02. The number of carbonyl (C=O) groups excluding carboxylic acids is 2. The van der Waals surface area contributed by atoms with E-state index < -0.39 is 12.1 Å². The average molecular weight is 394 g/mol. The van der Waals surface area contributed by atoms with Crippen LogP contribution in [0.15, 0.2) is 29.2 Å². The predicted molar refractivity (Wildman–Crippen MR) is 103 cm³/mol. The Hall–Kier alpha value is -2.22. The highest BCUT2D eigenvalue weighted by molar-refractivity contribution is 7.98. The number of benzene rings is 1. The minimum atomic E-state index is -0.814. The first-order valence-electron chi connectivity index (χ1n) is 8.88. The lowest BCUT2D eigenvalue weighted by molar-refractivity contribution is -0.147. The second-order valence-corrected chi connectivity index (χ2v) is 7.50. The molecular weight excluding hydrogens is 368 g/mol. The number of hydrogen-bond donors (Lipinski definition) is 1. The summed E-state index contributed by atoms with van der Waals surface area (Å²) in [4.78, 5) is 39.9. The van der Waals surface area contributed by atoms with Gasteiger partial charge in [0, 0.05) is 25.0 Å². The molecule has 1 saturated heterocycles. The Morgan fingerprint density at radius 3 is 2.37 bits per heavy atom. The van der Waals surface area contributed by atoms with Crippen LogP contribution >= 0.6 is 11.8 Å². The third kappa shape index (κ3) is 5.89. The first kappa shape index (κ1) is 21.1. The van der Waals surface area contributed by atoms with Gasteiger partial charge >= 0.3 is 5.97 Å². The summed E-state index contributed by atoms with van der Waals surface area (Å²) in [6, 6.07) is 7.47. The minimum absolute atomic E-state index is 0.0459. The van der Waals surface area contributed by atoms with Crippen LogP contribution in [0.25, 0.3) is 0 Å². The molecule has 1 aromatic rings. The molecule has 0 bridgehead atoms. The fraction of sp³-hybridized carbons (Fsp3) is 0.526. The molecule has 1 aliphatic rings. The molecule has 8 heteroatoms. The summed E-state index contributed by atoms with van der Waals surface area (Å²) in [5.74, 6) is -1.06. The van der Waals surface area contributed by atoms with E-state index in [2.05, 4.69) is 0 Å². The zero-order valence-corrected chi connectivity index (χ0v) is 16.7. The number of carboxylic acids is 1. The van der Waals surface area contributed by atoms with Gasteiger partial charge in [-0.1, -0.05) is 0 Å². The monoisotopic (exact) mass is 394 g/mol. The normalized spacial score (nSPS) is 15.9. The van der Waals surface area contributed by atoms with Crippen molar-refractivity contribution >= 4 is 29.5 Å². The zero-order valence-electron chi connectivity index (χ0n) is 15.9. The van der Waals surface area contributed by atoms with Crippen molar-refractivity contribution in [3.63, 3.8) is 0 Å². The lowest BCUT2D eigenvalue weighted by Crippen LogP contribution is -2.47. The molecule has 1 aliphatic heterocycles. The maximum absolute atomic E-state index is 12.5. The van der Waals surface area contributed by atoms with E-state index in [9.17, 15) is 14.4 Å². The predicted octanol–water partition coefficient (Wildman–Crippen LogP) is 1.96. The maximum atomic E-state index is 12.5. The van der Waals surface area contributed by atoms with Crippen molar-refractivity contribution in [1.29, 1.82) is 0 Å². The van der Waals surface area contributed by atoms with Gasteiger partial charge in [-0.2, -0.15) is 0 Å². The molecular formula is C19H26N2O5S. The van der Waals surface area contributed by atoms with E-state index in [1.54, 1.807) is 30.6 Å². The van der Waals surface area contributed by atoms with E-state index in [1.165, 1.54) is 4.90 Å². The van der Waals surface area contributed by atoms with Crippen molar-refractivity contribution in [3.8, 4) is 5.75 Å². The van der Waals surface area contributed by atoms with E-state index in [1.807, 2.05) is 30.5 Å².